The first-order valence-corrected chi connectivity index (χ1v) is 6.52. The standard InChI is InChI=1S/C12H15BClN3O2/c1-11(2)12(3,4)19-13(18-11)8-5-16-10-7-15-6-9(14)17(8)10/h5-7H,1-4H3. The molecular formula is C12H15BClN3O2. The van der Waals surface area contributed by atoms with Crippen LogP contribution in [-0.4, -0.2) is 32.7 Å². The molecule has 1 aliphatic rings. The first-order chi connectivity index (χ1) is 8.82. The molecule has 2 aromatic heterocycles. The number of fused-ring (bicyclic) bond motifs is 1. The molecule has 3 heterocycles. The smallest absolute Gasteiger partial charge is 0.398 e. The molecule has 0 radical (unpaired) electrons. The van der Waals surface area contributed by atoms with E-state index in [1.54, 1.807) is 23.0 Å². The molecule has 0 bridgehead atoms. The minimum Gasteiger partial charge on any atom is -0.398 e. The Morgan fingerprint density at radius 1 is 1.11 bits per heavy atom. The van der Waals surface area contributed by atoms with E-state index in [2.05, 4.69) is 9.97 Å². The van der Waals surface area contributed by atoms with Gasteiger partial charge >= 0.3 is 7.12 Å². The molecule has 1 saturated heterocycles. The zero-order valence-electron chi connectivity index (χ0n) is 11.3. The first kappa shape index (κ1) is 12.9. The summed E-state index contributed by atoms with van der Waals surface area (Å²) in [7, 11) is -0.486. The predicted molar refractivity (Wildman–Crippen MR) is 73.7 cm³/mol. The van der Waals surface area contributed by atoms with Gasteiger partial charge in [-0.05, 0) is 27.7 Å². The van der Waals surface area contributed by atoms with Crippen LogP contribution < -0.4 is 5.59 Å². The van der Waals surface area contributed by atoms with Crippen molar-refractivity contribution in [2.45, 2.75) is 38.9 Å². The van der Waals surface area contributed by atoms with E-state index in [-0.39, 0.29) is 11.2 Å². The van der Waals surface area contributed by atoms with E-state index in [9.17, 15) is 0 Å². The van der Waals surface area contributed by atoms with Gasteiger partial charge in [-0.3, -0.25) is 9.38 Å². The van der Waals surface area contributed by atoms with E-state index in [4.69, 9.17) is 20.9 Å². The van der Waals surface area contributed by atoms with Gasteiger partial charge in [0.05, 0.1) is 29.2 Å². The van der Waals surface area contributed by atoms with E-state index in [1.807, 2.05) is 27.7 Å². The molecule has 100 valence electrons. The predicted octanol–water partition coefficient (Wildman–Crippen LogP) is 1.68. The normalized spacial score (nSPS) is 21.2. The third-order valence-electron chi connectivity index (χ3n) is 3.90. The molecule has 0 saturated carbocycles. The summed E-state index contributed by atoms with van der Waals surface area (Å²) in [5.74, 6) is 0. The molecule has 0 N–H and O–H groups in total. The highest BCUT2D eigenvalue weighted by Crippen LogP contribution is 2.36. The maximum Gasteiger partial charge on any atom is 0.514 e. The molecule has 0 aliphatic carbocycles. The molecule has 3 rings (SSSR count). The van der Waals surface area contributed by atoms with Gasteiger partial charge in [0.25, 0.3) is 0 Å². The average Bonchev–Trinajstić information content (AvgIpc) is 2.80. The Bertz CT molecular complexity index is 625. The van der Waals surface area contributed by atoms with Gasteiger partial charge in [0.2, 0.25) is 0 Å². The second-order valence-corrected chi connectivity index (χ2v) is 6.08. The van der Waals surface area contributed by atoms with Crippen LogP contribution in [-0.2, 0) is 9.31 Å². The van der Waals surface area contributed by atoms with Gasteiger partial charge in [0.1, 0.15) is 5.15 Å². The fourth-order valence-electron chi connectivity index (χ4n) is 2.06. The summed E-state index contributed by atoms with van der Waals surface area (Å²) in [4.78, 5) is 8.29. The van der Waals surface area contributed by atoms with Crippen molar-refractivity contribution in [2.75, 3.05) is 0 Å². The Hall–Kier alpha value is -1.11. The van der Waals surface area contributed by atoms with Gasteiger partial charge in [-0.2, -0.15) is 0 Å². The van der Waals surface area contributed by atoms with Crippen LogP contribution in [0.15, 0.2) is 18.6 Å². The van der Waals surface area contributed by atoms with Crippen LogP contribution in [0.5, 0.6) is 0 Å². The lowest BCUT2D eigenvalue weighted by atomic mass is 9.85. The summed E-state index contributed by atoms with van der Waals surface area (Å²) in [6, 6.07) is 0. The number of nitrogens with zero attached hydrogens (tertiary/aromatic N) is 3. The molecule has 7 heteroatoms. The number of halogens is 1. The van der Waals surface area contributed by atoms with Crippen molar-refractivity contribution in [3.8, 4) is 0 Å². The fraction of sp³-hybridized carbons (Fsp3) is 0.500. The van der Waals surface area contributed by atoms with E-state index in [0.717, 1.165) is 5.59 Å². The number of rotatable bonds is 1. The molecule has 19 heavy (non-hydrogen) atoms. The Labute approximate surface area is 117 Å². The van der Waals surface area contributed by atoms with Crippen molar-refractivity contribution in [2.24, 2.45) is 0 Å². The largest absolute Gasteiger partial charge is 0.514 e. The molecule has 1 fully saturated rings. The third kappa shape index (κ3) is 1.86. The lowest BCUT2D eigenvalue weighted by molar-refractivity contribution is 0.00578. The zero-order chi connectivity index (χ0) is 13.8. The Morgan fingerprint density at radius 3 is 2.37 bits per heavy atom. The Balaban J connectivity index is 2.08. The van der Waals surface area contributed by atoms with Crippen molar-refractivity contribution in [1.29, 1.82) is 0 Å². The molecule has 0 aromatic carbocycles. The van der Waals surface area contributed by atoms with Crippen molar-refractivity contribution in [3.05, 3.63) is 23.7 Å². The lowest BCUT2D eigenvalue weighted by Crippen LogP contribution is -2.41. The quantitative estimate of drug-likeness (QED) is 0.745. The number of imidazole rings is 1. The van der Waals surface area contributed by atoms with Crippen LogP contribution in [0.3, 0.4) is 0 Å². The van der Waals surface area contributed by atoms with Gasteiger partial charge in [0.15, 0.2) is 5.65 Å². The first-order valence-electron chi connectivity index (χ1n) is 6.14. The van der Waals surface area contributed by atoms with E-state index in [0.29, 0.717) is 10.8 Å². The minimum absolute atomic E-state index is 0.388. The van der Waals surface area contributed by atoms with Crippen molar-refractivity contribution < 1.29 is 9.31 Å². The third-order valence-corrected chi connectivity index (χ3v) is 4.16. The lowest BCUT2D eigenvalue weighted by Gasteiger charge is -2.32. The highest BCUT2D eigenvalue weighted by atomic mass is 35.5. The highest BCUT2D eigenvalue weighted by molar-refractivity contribution is 6.61. The maximum atomic E-state index is 6.17. The Morgan fingerprint density at radius 2 is 1.74 bits per heavy atom. The summed E-state index contributed by atoms with van der Waals surface area (Å²) in [5.41, 5.74) is 0.682. The van der Waals surface area contributed by atoms with Crippen LogP contribution in [0.25, 0.3) is 5.65 Å². The number of hydrogen-bond donors (Lipinski definition) is 0. The second kappa shape index (κ2) is 3.94. The molecule has 0 spiro atoms. The number of hydrogen-bond acceptors (Lipinski definition) is 4. The summed E-state index contributed by atoms with van der Waals surface area (Å²) in [6.45, 7) is 8.05. The highest BCUT2D eigenvalue weighted by Gasteiger charge is 2.52. The molecule has 2 aromatic rings. The minimum atomic E-state index is -0.486. The summed E-state index contributed by atoms with van der Waals surface area (Å²) in [5, 5.41) is 0.486. The van der Waals surface area contributed by atoms with Gasteiger partial charge in [-0.1, -0.05) is 11.6 Å². The molecule has 0 atom stereocenters. The summed E-state index contributed by atoms with van der Waals surface area (Å²) in [6.07, 6.45) is 4.94. The van der Waals surface area contributed by atoms with Gasteiger partial charge in [-0.15, -0.1) is 0 Å². The molecule has 5 nitrogen and oxygen atoms in total. The van der Waals surface area contributed by atoms with E-state index in [1.165, 1.54) is 0 Å². The summed E-state index contributed by atoms with van der Waals surface area (Å²) >= 11 is 6.17. The van der Waals surface area contributed by atoms with E-state index < -0.39 is 7.12 Å². The van der Waals surface area contributed by atoms with Gasteiger partial charge < -0.3 is 9.31 Å². The van der Waals surface area contributed by atoms with Gasteiger partial charge in [-0.25, -0.2) is 4.98 Å². The SMILES string of the molecule is CC1(C)OB(c2cnc3cncc(Cl)n23)OC1(C)C. The summed E-state index contributed by atoms with van der Waals surface area (Å²) < 4.78 is 13.8. The fourth-order valence-corrected chi connectivity index (χ4v) is 2.30. The molecule has 0 amide bonds. The maximum absolute atomic E-state index is 6.17. The van der Waals surface area contributed by atoms with Crippen LogP contribution in [0.2, 0.25) is 5.15 Å². The van der Waals surface area contributed by atoms with Crippen LogP contribution in [0, 0.1) is 0 Å². The zero-order valence-corrected chi connectivity index (χ0v) is 12.1. The van der Waals surface area contributed by atoms with Gasteiger partial charge in [0, 0.05) is 6.20 Å². The molecular weight excluding hydrogens is 264 g/mol. The number of aromatic nitrogens is 3. The van der Waals surface area contributed by atoms with Crippen molar-refractivity contribution in [1.82, 2.24) is 14.4 Å². The molecule has 0 unspecified atom stereocenters. The second-order valence-electron chi connectivity index (χ2n) is 5.69. The van der Waals surface area contributed by atoms with Crippen LogP contribution in [0.4, 0.5) is 0 Å². The molecule has 1 aliphatic heterocycles. The Kier molecular flexibility index (Phi) is 2.68. The van der Waals surface area contributed by atoms with Crippen molar-refractivity contribution >= 4 is 30.0 Å². The van der Waals surface area contributed by atoms with Crippen LogP contribution >= 0.6 is 11.6 Å². The topological polar surface area (TPSA) is 48.7 Å². The monoisotopic (exact) mass is 279 g/mol. The van der Waals surface area contributed by atoms with Crippen LogP contribution in [0.1, 0.15) is 27.7 Å². The van der Waals surface area contributed by atoms with Crippen molar-refractivity contribution in [3.63, 3.8) is 0 Å². The average molecular weight is 280 g/mol. The van der Waals surface area contributed by atoms with E-state index >= 15 is 0 Å².